The first-order valence-electron chi connectivity index (χ1n) is 11.2. The molecule has 2 heterocycles. The van der Waals surface area contributed by atoms with Crippen LogP contribution in [0.2, 0.25) is 0 Å². The number of carbonyl (C=O) groups excluding carboxylic acids is 2. The lowest BCUT2D eigenvalue weighted by Gasteiger charge is -2.37. The number of piperazine rings is 1. The van der Waals surface area contributed by atoms with Crippen LogP contribution < -0.4 is 0 Å². The molecule has 3 aliphatic rings. The Morgan fingerprint density at radius 1 is 1.21 bits per heavy atom. The third-order valence-corrected chi connectivity index (χ3v) is 6.68. The highest BCUT2D eigenvalue weighted by Crippen LogP contribution is 2.40. The van der Waals surface area contributed by atoms with E-state index in [4.69, 9.17) is 0 Å². The van der Waals surface area contributed by atoms with Crippen molar-refractivity contribution in [3.05, 3.63) is 35.2 Å². The molecule has 0 spiro atoms. The summed E-state index contributed by atoms with van der Waals surface area (Å²) in [5.74, 6) is -0.889. The van der Waals surface area contributed by atoms with Crippen LogP contribution in [0.4, 0.5) is 13.2 Å². The number of alkyl halides is 3. The Kier molecular flexibility index (Phi) is 6.08. The molecule has 10 heteroatoms. The molecule has 0 aromatic carbocycles. The zero-order chi connectivity index (χ0) is 23.9. The Morgan fingerprint density at radius 3 is 2.42 bits per heavy atom. The molecule has 1 saturated heterocycles. The Morgan fingerprint density at radius 2 is 1.88 bits per heavy atom. The summed E-state index contributed by atoms with van der Waals surface area (Å²) in [6, 6.07) is 2.01. The van der Waals surface area contributed by atoms with Gasteiger partial charge in [-0.05, 0) is 50.2 Å². The predicted octanol–water partition coefficient (Wildman–Crippen LogP) is 3.66. The van der Waals surface area contributed by atoms with Gasteiger partial charge >= 0.3 is 6.18 Å². The van der Waals surface area contributed by atoms with Crippen LogP contribution in [0.15, 0.2) is 18.2 Å². The molecule has 0 bridgehead atoms. The first-order valence-corrected chi connectivity index (χ1v) is 11.2. The summed E-state index contributed by atoms with van der Waals surface area (Å²) in [5.41, 5.74) is -1.42. The first kappa shape index (κ1) is 23.1. The summed E-state index contributed by atoms with van der Waals surface area (Å²) < 4.78 is 42.2. The maximum atomic E-state index is 13.9. The number of carbonyl (C=O) groups is 2. The molecule has 1 aromatic heterocycles. The molecule has 0 atom stereocenters. The van der Waals surface area contributed by atoms with Gasteiger partial charge in [0.15, 0.2) is 5.69 Å². The minimum absolute atomic E-state index is 0.0110. The molecule has 0 N–H and O–H groups in total. The van der Waals surface area contributed by atoms with Gasteiger partial charge in [-0.3, -0.25) is 9.59 Å². The Hall–Kier alpha value is -3.09. The lowest BCUT2D eigenvalue weighted by molar-refractivity contribution is -0.137. The van der Waals surface area contributed by atoms with E-state index in [-0.39, 0.29) is 47.9 Å². The van der Waals surface area contributed by atoms with Crippen molar-refractivity contribution in [3.8, 4) is 6.07 Å². The van der Waals surface area contributed by atoms with Crippen LogP contribution in [0.5, 0.6) is 0 Å². The van der Waals surface area contributed by atoms with E-state index in [0.29, 0.717) is 16.8 Å². The lowest BCUT2D eigenvalue weighted by atomic mass is 10.1. The van der Waals surface area contributed by atoms with E-state index >= 15 is 0 Å². The van der Waals surface area contributed by atoms with Gasteiger partial charge in [0, 0.05) is 19.1 Å². The molecule has 2 aliphatic carbocycles. The van der Waals surface area contributed by atoms with Gasteiger partial charge in [-0.25, -0.2) is 4.68 Å². The number of amides is 2. The van der Waals surface area contributed by atoms with Gasteiger partial charge in [0.1, 0.15) is 23.9 Å². The molecule has 3 fully saturated rings. The van der Waals surface area contributed by atoms with Crippen LogP contribution in [0.3, 0.4) is 0 Å². The van der Waals surface area contributed by atoms with Crippen LogP contribution in [0.25, 0.3) is 5.70 Å². The number of halogens is 3. The fourth-order valence-corrected chi connectivity index (χ4v) is 4.64. The maximum Gasteiger partial charge on any atom is 0.433 e. The third-order valence-electron chi connectivity index (χ3n) is 6.68. The second-order valence-electron chi connectivity index (χ2n) is 8.96. The van der Waals surface area contributed by atoms with Gasteiger partial charge in [-0.1, -0.05) is 19.4 Å². The molecule has 4 rings (SSSR count). The Labute approximate surface area is 190 Å². The maximum absolute atomic E-state index is 13.9. The third kappa shape index (κ3) is 4.54. The highest BCUT2D eigenvalue weighted by molar-refractivity contribution is 5.98. The van der Waals surface area contributed by atoms with Gasteiger partial charge in [-0.15, -0.1) is 0 Å². The van der Waals surface area contributed by atoms with Crippen LogP contribution in [0.1, 0.15) is 60.3 Å². The molecule has 7 nitrogen and oxygen atoms in total. The van der Waals surface area contributed by atoms with Crippen molar-refractivity contribution < 1.29 is 22.8 Å². The Bertz CT molecular complexity index is 1060. The van der Waals surface area contributed by atoms with Gasteiger partial charge in [0.25, 0.3) is 5.91 Å². The van der Waals surface area contributed by atoms with Gasteiger partial charge in [0.05, 0.1) is 5.69 Å². The average Bonchev–Trinajstić information content (AvgIpc) is 3.38. The largest absolute Gasteiger partial charge is 0.433 e. The van der Waals surface area contributed by atoms with E-state index < -0.39 is 17.8 Å². The topological polar surface area (TPSA) is 82.2 Å². The van der Waals surface area contributed by atoms with Crippen molar-refractivity contribution in [1.82, 2.24) is 19.6 Å². The summed E-state index contributed by atoms with van der Waals surface area (Å²) in [5, 5.41) is 13.5. The summed E-state index contributed by atoms with van der Waals surface area (Å²) in [6.07, 6.45) is 1.78. The minimum atomic E-state index is -4.76. The molecule has 176 valence electrons. The smallest absolute Gasteiger partial charge is 0.336 e. The minimum Gasteiger partial charge on any atom is -0.336 e. The van der Waals surface area contributed by atoms with Crippen molar-refractivity contribution >= 4 is 17.5 Å². The number of nitriles is 1. The van der Waals surface area contributed by atoms with Crippen molar-refractivity contribution in [3.63, 3.8) is 0 Å². The number of rotatable bonds is 5. The fourth-order valence-electron chi connectivity index (χ4n) is 4.64. The van der Waals surface area contributed by atoms with Crippen LogP contribution in [-0.4, -0.2) is 63.2 Å². The van der Waals surface area contributed by atoms with Crippen LogP contribution in [-0.2, 0) is 4.79 Å². The lowest BCUT2D eigenvalue weighted by Crippen LogP contribution is -2.55. The van der Waals surface area contributed by atoms with E-state index in [1.807, 2.05) is 6.07 Å². The highest BCUT2D eigenvalue weighted by atomic mass is 19.4. The van der Waals surface area contributed by atoms with Gasteiger partial charge < -0.3 is 9.80 Å². The van der Waals surface area contributed by atoms with E-state index in [1.54, 1.807) is 4.90 Å². The van der Waals surface area contributed by atoms with E-state index in [0.717, 1.165) is 44.6 Å². The van der Waals surface area contributed by atoms with E-state index in [9.17, 15) is 28.0 Å². The van der Waals surface area contributed by atoms with Gasteiger partial charge in [-0.2, -0.15) is 23.5 Å². The Balaban J connectivity index is 1.61. The zero-order valence-electron chi connectivity index (χ0n) is 18.5. The van der Waals surface area contributed by atoms with Crippen molar-refractivity contribution in [1.29, 1.82) is 5.26 Å². The normalized spacial score (nSPS) is 20.3. The standard InChI is InChI=1S/C23H26F3N5O2/c1-14(16-7-8-16)11-19(23(24,25)26)31-15(2)18(12-27)21(28-31)22(33)29-9-10-30(20(32)13-29)17-5-3-4-6-17/h11,16-17H,1,3-10,13H2,2H3. The van der Waals surface area contributed by atoms with E-state index in [2.05, 4.69) is 11.7 Å². The van der Waals surface area contributed by atoms with Gasteiger partial charge in [0.2, 0.25) is 5.91 Å². The molecule has 2 amide bonds. The SMILES string of the molecule is C=C(C=C(n1nc(C(=O)N2CCN(C3CCCC3)C(=O)C2)c(C#N)c1C)C(F)(F)F)C1CC1. The predicted molar refractivity (Wildman–Crippen MR) is 114 cm³/mol. The molecule has 33 heavy (non-hydrogen) atoms. The molecular weight excluding hydrogens is 435 g/mol. The van der Waals surface area contributed by atoms with Crippen molar-refractivity contribution in [2.24, 2.45) is 5.92 Å². The molecule has 1 aromatic rings. The molecule has 0 radical (unpaired) electrons. The zero-order valence-corrected chi connectivity index (χ0v) is 18.5. The summed E-state index contributed by atoms with van der Waals surface area (Å²) in [7, 11) is 0. The fraction of sp³-hybridized carbons (Fsp3) is 0.565. The number of aromatic nitrogens is 2. The highest BCUT2D eigenvalue weighted by Gasteiger charge is 2.40. The second-order valence-corrected chi connectivity index (χ2v) is 8.96. The quantitative estimate of drug-likeness (QED) is 0.627. The molecule has 0 unspecified atom stereocenters. The van der Waals surface area contributed by atoms with Crippen molar-refractivity contribution in [2.75, 3.05) is 19.6 Å². The molecule has 1 aliphatic heterocycles. The summed E-state index contributed by atoms with van der Waals surface area (Å²) in [6.45, 7) is 5.50. The van der Waals surface area contributed by atoms with Crippen molar-refractivity contribution in [2.45, 2.75) is 57.7 Å². The summed E-state index contributed by atoms with van der Waals surface area (Å²) >= 11 is 0. The number of nitrogens with zero attached hydrogens (tertiary/aromatic N) is 5. The first-order chi connectivity index (χ1) is 15.6. The number of hydrogen-bond acceptors (Lipinski definition) is 4. The molecule has 2 saturated carbocycles. The average molecular weight is 461 g/mol. The van der Waals surface area contributed by atoms with E-state index in [1.165, 1.54) is 11.8 Å². The van der Waals surface area contributed by atoms with Crippen LogP contribution >= 0.6 is 0 Å². The summed E-state index contributed by atoms with van der Waals surface area (Å²) in [4.78, 5) is 28.9. The number of hydrogen-bond donors (Lipinski definition) is 0. The number of allylic oxidation sites excluding steroid dienone is 3. The molecular formula is C23H26F3N5O2. The second kappa shape index (κ2) is 8.69. The monoisotopic (exact) mass is 461 g/mol. The van der Waals surface area contributed by atoms with Crippen LogP contribution in [0, 0.1) is 24.2 Å².